The SMILES string of the molecule is Cc1noc(C)c1COc1ccc(CC(=O)Nc2ccc(C(C#N)c3ccccc3)c(Cl)c2)cc1. The second-order valence-electron chi connectivity index (χ2n) is 8.17. The van der Waals surface area contributed by atoms with Crippen LogP contribution in [0.2, 0.25) is 5.02 Å². The van der Waals surface area contributed by atoms with Gasteiger partial charge in [-0.05, 0) is 54.8 Å². The summed E-state index contributed by atoms with van der Waals surface area (Å²) in [4.78, 5) is 12.6. The topological polar surface area (TPSA) is 88.2 Å². The number of aryl methyl sites for hydroxylation is 2. The van der Waals surface area contributed by atoms with Crippen LogP contribution in [0.1, 0.15) is 39.6 Å². The number of rotatable bonds is 8. The number of hydrogen-bond donors (Lipinski definition) is 1. The predicted molar refractivity (Wildman–Crippen MR) is 134 cm³/mol. The van der Waals surface area contributed by atoms with E-state index < -0.39 is 5.92 Å². The van der Waals surface area contributed by atoms with Crippen LogP contribution in [-0.4, -0.2) is 11.1 Å². The Morgan fingerprint density at radius 3 is 2.49 bits per heavy atom. The maximum Gasteiger partial charge on any atom is 0.228 e. The number of ether oxygens (including phenoxy) is 1. The molecule has 0 fully saturated rings. The molecule has 35 heavy (non-hydrogen) atoms. The molecule has 1 amide bonds. The summed E-state index contributed by atoms with van der Waals surface area (Å²) in [6.07, 6.45) is 0.203. The van der Waals surface area contributed by atoms with Gasteiger partial charge in [-0.2, -0.15) is 5.26 Å². The summed E-state index contributed by atoms with van der Waals surface area (Å²) in [5, 5.41) is 16.9. The first-order valence-electron chi connectivity index (χ1n) is 11.1. The van der Waals surface area contributed by atoms with E-state index in [2.05, 4.69) is 16.5 Å². The first kappa shape index (κ1) is 24.1. The number of aromatic nitrogens is 1. The Balaban J connectivity index is 1.35. The lowest BCUT2D eigenvalue weighted by molar-refractivity contribution is -0.115. The highest BCUT2D eigenvalue weighted by atomic mass is 35.5. The van der Waals surface area contributed by atoms with Crippen LogP contribution < -0.4 is 10.1 Å². The molecular weight excluding hydrogens is 462 g/mol. The third kappa shape index (κ3) is 5.89. The van der Waals surface area contributed by atoms with Gasteiger partial charge in [-0.3, -0.25) is 4.79 Å². The Labute approximate surface area is 209 Å². The van der Waals surface area contributed by atoms with E-state index in [-0.39, 0.29) is 12.3 Å². The van der Waals surface area contributed by atoms with Crippen LogP contribution in [0.4, 0.5) is 5.69 Å². The Kier molecular flexibility index (Phi) is 7.49. The minimum absolute atomic E-state index is 0.168. The number of nitrogens with zero attached hydrogens (tertiary/aromatic N) is 2. The number of nitriles is 1. The quantitative estimate of drug-likeness (QED) is 0.313. The lowest BCUT2D eigenvalue weighted by Gasteiger charge is -2.13. The molecule has 4 rings (SSSR count). The monoisotopic (exact) mass is 485 g/mol. The van der Waals surface area contributed by atoms with Crippen molar-refractivity contribution in [3.05, 3.63) is 112 Å². The molecule has 3 aromatic carbocycles. The molecule has 1 unspecified atom stereocenters. The second kappa shape index (κ2) is 10.9. The van der Waals surface area contributed by atoms with E-state index in [1.807, 2.05) is 68.4 Å². The van der Waals surface area contributed by atoms with Gasteiger partial charge in [-0.15, -0.1) is 0 Å². The fourth-order valence-corrected chi connectivity index (χ4v) is 4.06. The van der Waals surface area contributed by atoms with Crippen molar-refractivity contribution in [3.8, 4) is 11.8 Å². The Bertz CT molecular complexity index is 1340. The number of hydrogen-bond acceptors (Lipinski definition) is 5. The van der Waals surface area contributed by atoms with Crippen LogP contribution in [0.25, 0.3) is 0 Å². The molecular formula is C28H24ClN3O3. The van der Waals surface area contributed by atoms with Crippen LogP contribution in [0, 0.1) is 25.2 Å². The second-order valence-corrected chi connectivity index (χ2v) is 8.58. The van der Waals surface area contributed by atoms with Gasteiger partial charge in [0.1, 0.15) is 18.1 Å². The summed E-state index contributed by atoms with van der Waals surface area (Å²) in [5.74, 6) is 0.791. The van der Waals surface area contributed by atoms with Gasteiger partial charge in [0.25, 0.3) is 0 Å². The zero-order valence-electron chi connectivity index (χ0n) is 19.4. The summed E-state index contributed by atoms with van der Waals surface area (Å²) in [6.45, 7) is 4.10. The van der Waals surface area contributed by atoms with Crippen molar-refractivity contribution in [2.45, 2.75) is 32.8 Å². The van der Waals surface area contributed by atoms with Gasteiger partial charge in [-0.25, -0.2) is 0 Å². The summed E-state index contributed by atoms with van der Waals surface area (Å²) >= 11 is 6.47. The lowest BCUT2D eigenvalue weighted by Crippen LogP contribution is -2.14. The molecule has 4 aromatic rings. The average Bonchev–Trinajstić information content (AvgIpc) is 3.18. The van der Waals surface area contributed by atoms with Gasteiger partial charge in [0.15, 0.2) is 0 Å². The normalized spacial score (nSPS) is 11.5. The summed E-state index contributed by atoms with van der Waals surface area (Å²) < 4.78 is 11.0. The van der Waals surface area contributed by atoms with Gasteiger partial charge in [0.2, 0.25) is 5.91 Å². The Morgan fingerprint density at radius 2 is 1.86 bits per heavy atom. The maximum absolute atomic E-state index is 12.6. The fourth-order valence-electron chi connectivity index (χ4n) is 3.77. The average molecular weight is 486 g/mol. The van der Waals surface area contributed by atoms with Crippen molar-refractivity contribution < 1.29 is 14.1 Å². The number of halogens is 1. The Morgan fingerprint density at radius 1 is 1.11 bits per heavy atom. The van der Waals surface area contributed by atoms with E-state index in [9.17, 15) is 10.1 Å². The van der Waals surface area contributed by atoms with E-state index in [0.717, 1.165) is 28.1 Å². The number of amides is 1. The largest absolute Gasteiger partial charge is 0.489 e. The van der Waals surface area contributed by atoms with E-state index in [0.29, 0.717) is 28.6 Å². The molecule has 1 N–H and O–H groups in total. The molecule has 0 saturated carbocycles. The standard InChI is InChI=1S/C28H24ClN3O3/c1-18-26(19(2)35-32-18)17-34-23-11-8-20(9-12-23)14-28(33)31-22-10-13-24(27(29)15-22)25(16-30)21-6-4-3-5-7-21/h3-13,15,25H,14,17H2,1-2H3,(H,31,33). The van der Waals surface area contributed by atoms with Gasteiger partial charge >= 0.3 is 0 Å². The predicted octanol–water partition coefficient (Wildman–Crippen LogP) is 6.36. The molecule has 0 bridgehead atoms. The van der Waals surface area contributed by atoms with Gasteiger partial charge in [-0.1, -0.05) is 65.3 Å². The van der Waals surface area contributed by atoms with Crippen molar-refractivity contribution in [1.82, 2.24) is 5.16 Å². The summed E-state index contributed by atoms with van der Waals surface area (Å²) in [5.41, 5.74) is 4.74. The molecule has 0 radical (unpaired) electrons. The maximum atomic E-state index is 12.6. The molecule has 0 saturated heterocycles. The zero-order valence-corrected chi connectivity index (χ0v) is 20.2. The first-order valence-corrected chi connectivity index (χ1v) is 11.5. The van der Waals surface area contributed by atoms with E-state index in [4.69, 9.17) is 20.9 Å². The minimum Gasteiger partial charge on any atom is -0.489 e. The van der Waals surface area contributed by atoms with Crippen molar-refractivity contribution in [3.63, 3.8) is 0 Å². The third-order valence-electron chi connectivity index (χ3n) is 5.71. The highest BCUT2D eigenvalue weighted by Crippen LogP contribution is 2.32. The number of carbonyl (C=O) groups is 1. The lowest BCUT2D eigenvalue weighted by atomic mass is 9.92. The zero-order chi connectivity index (χ0) is 24.8. The van der Waals surface area contributed by atoms with Crippen LogP contribution in [0.5, 0.6) is 5.75 Å². The van der Waals surface area contributed by atoms with E-state index >= 15 is 0 Å². The van der Waals surface area contributed by atoms with Gasteiger partial charge in [0.05, 0.1) is 29.7 Å². The van der Waals surface area contributed by atoms with Crippen LogP contribution in [0.15, 0.2) is 77.3 Å². The van der Waals surface area contributed by atoms with Crippen molar-refractivity contribution in [2.75, 3.05) is 5.32 Å². The number of anilines is 1. The van der Waals surface area contributed by atoms with Gasteiger partial charge < -0.3 is 14.6 Å². The van der Waals surface area contributed by atoms with Crippen molar-refractivity contribution >= 4 is 23.2 Å². The molecule has 0 aliphatic heterocycles. The molecule has 6 nitrogen and oxygen atoms in total. The fraction of sp³-hybridized carbons (Fsp3) is 0.179. The molecule has 1 aromatic heterocycles. The molecule has 0 aliphatic rings. The minimum atomic E-state index is -0.480. The van der Waals surface area contributed by atoms with Crippen LogP contribution in [-0.2, 0) is 17.8 Å². The Hall–Kier alpha value is -4.08. The first-order chi connectivity index (χ1) is 16.9. The van der Waals surface area contributed by atoms with Gasteiger partial charge in [0, 0.05) is 10.7 Å². The van der Waals surface area contributed by atoms with Crippen LogP contribution >= 0.6 is 11.6 Å². The number of benzene rings is 3. The van der Waals surface area contributed by atoms with Crippen LogP contribution in [0.3, 0.4) is 0 Å². The highest BCUT2D eigenvalue weighted by molar-refractivity contribution is 6.31. The summed E-state index contributed by atoms with van der Waals surface area (Å²) in [6, 6.07) is 24.4. The van der Waals surface area contributed by atoms with Crippen molar-refractivity contribution in [2.24, 2.45) is 0 Å². The number of nitrogens with one attached hydrogen (secondary N) is 1. The highest BCUT2D eigenvalue weighted by Gasteiger charge is 2.17. The third-order valence-corrected chi connectivity index (χ3v) is 6.04. The van der Waals surface area contributed by atoms with E-state index in [1.54, 1.807) is 18.2 Å². The molecule has 0 spiro atoms. The van der Waals surface area contributed by atoms with Crippen molar-refractivity contribution in [1.29, 1.82) is 5.26 Å². The molecule has 7 heteroatoms. The smallest absolute Gasteiger partial charge is 0.228 e. The molecule has 1 heterocycles. The molecule has 0 aliphatic carbocycles. The summed E-state index contributed by atoms with van der Waals surface area (Å²) in [7, 11) is 0. The van der Waals surface area contributed by atoms with E-state index in [1.165, 1.54) is 0 Å². The molecule has 1 atom stereocenters. The number of carbonyl (C=O) groups excluding carboxylic acids is 1. The molecule has 176 valence electrons.